The number of benzene rings is 3. The number of aromatic nitrogens is 1. The van der Waals surface area contributed by atoms with Gasteiger partial charge < -0.3 is 9.72 Å². The van der Waals surface area contributed by atoms with E-state index in [0.29, 0.717) is 16.8 Å². The molecule has 3 aromatic carbocycles. The van der Waals surface area contributed by atoms with Gasteiger partial charge in [-0.1, -0.05) is 78.9 Å². The largest absolute Gasteiger partial charge is 0.469 e. The van der Waals surface area contributed by atoms with Gasteiger partial charge in [0.1, 0.15) is 4.75 Å². The number of hydrogen-bond acceptors (Lipinski definition) is 4. The maximum absolute atomic E-state index is 13.5. The van der Waals surface area contributed by atoms with Crippen LogP contribution in [0.2, 0.25) is 0 Å². The Hall–Kier alpha value is -3.64. The lowest BCUT2D eigenvalue weighted by Gasteiger charge is -2.32. The number of nitrogens with one attached hydrogen (secondary N) is 1. The van der Waals surface area contributed by atoms with Crippen LogP contribution in [0.1, 0.15) is 33.5 Å². The topological polar surface area (TPSA) is 76.2 Å². The van der Waals surface area contributed by atoms with Crippen molar-refractivity contribution >= 4 is 15.8 Å². The average molecular weight is 488 g/mol. The number of sulfone groups is 1. The summed E-state index contributed by atoms with van der Waals surface area (Å²) in [7, 11) is -2.32. The fourth-order valence-corrected chi connectivity index (χ4v) is 6.05. The van der Waals surface area contributed by atoms with E-state index in [9.17, 15) is 13.2 Å². The third-order valence-corrected chi connectivity index (χ3v) is 8.23. The summed E-state index contributed by atoms with van der Waals surface area (Å²) < 4.78 is 30.5. The minimum Gasteiger partial charge on any atom is -0.469 e. The van der Waals surface area contributed by atoms with Crippen LogP contribution in [-0.4, -0.2) is 32.7 Å². The fourth-order valence-electron chi connectivity index (χ4n) is 4.54. The lowest BCUT2D eigenvalue weighted by Crippen LogP contribution is -2.39. The third kappa shape index (κ3) is 5.38. The van der Waals surface area contributed by atoms with E-state index in [0.717, 1.165) is 17.5 Å². The van der Waals surface area contributed by atoms with E-state index in [1.807, 2.05) is 36.4 Å². The normalized spacial score (nSPS) is 13.2. The summed E-state index contributed by atoms with van der Waals surface area (Å²) in [4.78, 5) is 15.0. The van der Waals surface area contributed by atoms with Crippen LogP contribution in [0.5, 0.6) is 0 Å². The summed E-state index contributed by atoms with van der Waals surface area (Å²) in [6, 6.07) is 29.1. The Bertz CT molecular complexity index is 1380. The predicted molar refractivity (Wildman–Crippen MR) is 138 cm³/mol. The second-order valence-corrected chi connectivity index (χ2v) is 11.0. The highest BCUT2D eigenvalue weighted by molar-refractivity contribution is 7.91. The molecule has 4 rings (SSSR count). The first kappa shape index (κ1) is 24.5. The molecule has 0 aliphatic rings. The molecule has 1 aromatic heterocycles. The highest BCUT2D eigenvalue weighted by atomic mass is 32.2. The van der Waals surface area contributed by atoms with E-state index in [-0.39, 0.29) is 18.8 Å². The van der Waals surface area contributed by atoms with Gasteiger partial charge in [0.25, 0.3) is 0 Å². The molecule has 180 valence electrons. The quantitative estimate of drug-likeness (QED) is 0.343. The number of methoxy groups -OCH3 is 1. The van der Waals surface area contributed by atoms with Crippen molar-refractivity contribution in [1.29, 1.82) is 0 Å². The molecule has 0 aliphatic carbocycles. The van der Waals surface area contributed by atoms with Gasteiger partial charge in [-0.2, -0.15) is 0 Å². The molecule has 0 radical (unpaired) electrons. The van der Waals surface area contributed by atoms with Crippen molar-refractivity contribution in [3.05, 3.63) is 131 Å². The van der Waals surface area contributed by atoms with E-state index >= 15 is 0 Å². The Balaban J connectivity index is 1.75. The van der Waals surface area contributed by atoms with E-state index in [4.69, 9.17) is 4.74 Å². The minimum atomic E-state index is -3.66. The summed E-state index contributed by atoms with van der Waals surface area (Å²) in [5, 5.41) is 0. The molecule has 0 saturated heterocycles. The molecule has 4 aromatic rings. The van der Waals surface area contributed by atoms with Crippen molar-refractivity contribution in [2.75, 3.05) is 13.4 Å². The molecule has 1 heterocycles. The van der Waals surface area contributed by atoms with Crippen LogP contribution in [0.15, 0.2) is 97.2 Å². The van der Waals surface area contributed by atoms with Gasteiger partial charge in [-0.3, -0.25) is 4.79 Å². The average Bonchev–Trinajstić information content (AvgIpc) is 3.39. The second-order valence-electron chi connectivity index (χ2n) is 8.79. The van der Waals surface area contributed by atoms with Crippen LogP contribution in [0.25, 0.3) is 0 Å². The predicted octanol–water partition coefficient (Wildman–Crippen LogP) is 4.85. The summed E-state index contributed by atoms with van der Waals surface area (Å²) in [6.07, 6.45) is 4.13. The third-order valence-electron chi connectivity index (χ3n) is 6.36. The maximum Gasteiger partial charge on any atom is 0.309 e. The number of rotatable bonds is 9. The van der Waals surface area contributed by atoms with Crippen LogP contribution in [-0.2, 0) is 43.4 Å². The summed E-state index contributed by atoms with van der Waals surface area (Å²) in [6.45, 7) is 0. The molecule has 0 fully saturated rings. The SMILES string of the molecule is COC(=O)Cc1cccc(C(Cc2ccc(Cc3ccccc3)cc2)(c2ccc[nH]2)S(C)(=O)=O)c1. The first-order valence-electron chi connectivity index (χ1n) is 11.4. The number of esters is 1. The Morgan fingerprint density at radius 3 is 2.11 bits per heavy atom. The lowest BCUT2D eigenvalue weighted by molar-refractivity contribution is -0.139. The van der Waals surface area contributed by atoms with Crippen molar-refractivity contribution in [2.45, 2.75) is 24.0 Å². The highest BCUT2D eigenvalue weighted by Crippen LogP contribution is 2.40. The van der Waals surface area contributed by atoms with Crippen molar-refractivity contribution in [1.82, 2.24) is 4.98 Å². The van der Waals surface area contributed by atoms with Gasteiger partial charge in [0.15, 0.2) is 9.84 Å². The number of carbonyl (C=O) groups excluding carboxylic acids is 1. The molecule has 0 saturated carbocycles. The van der Waals surface area contributed by atoms with Crippen molar-refractivity contribution in [3.63, 3.8) is 0 Å². The van der Waals surface area contributed by atoms with E-state index < -0.39 is 14.6 Å². The van der Waals surface area contributed by atoms with Gasteiger partial charge in [-0.05, 0) is 46.4 Å². The molecule has 0 amide bonds. The van der Waals surface area contributed by atoms with Gasteiger partial charge >= 0.3 is 5.97 Å². The van der Waals surface area contributed by atoms with Gasteiger partial charge in [0.05, 0.1) is 13.5 Å². The molecule has 0 aliphatic heterocycles. The Morgan fingerprint density at radius 2 is 1.49 bits per heavy atom. The molecule has 1 atom stereocenters. The molecule has 1 N–H and O–H groups in total. The molecular weight excluding hydrogens is 458 g/mol. The van der Waals surface area contributed by atoms with E-state index in [2.05, 4.69) is 29.2 Å². The Labute approximate surface area is 206 Å². The Morgan fingerprint density at radius 1 is 0.829 bits per heavy atom. The zero-order valence-electron chi connectivity index (χ0n) is 19.9. The number of H-pyrrole nitrogens is 1. The molecule has 5 nitrogen and oxygen atoms in total. The summed E-state index contributed by atoms with van der Waals surface area (Å²) in [5.74, 6) is -0.374. The van der Waals surface area contributed by atoms with Crippen molar-refractivity contribution in [3.8, 4) is 0 Å². The maximum atomic E-state index is 13.5. The number of aromatic amines is 1. The van der Waals surface area contributed by atoms with Crippen LogP contribution >= 0.6 is 0 Å². The van der Waals surface area contributed by atoms with Crippen molar-refractivity contribution < 1.29 is 17.9 Å². The fraction of sp³-hybridized carbons (Fsp3) is 0.207. The monoisotopic (exact) mass is 487 g/mol. The van der Waals surface area contributed by atoms with Crippen molar-refractivity contribution in [2.24, 2.45) is 0 Å². The number of hydrogen-bond donors (Lipinski definition) is 1. The molecule has 6 heteroatoms. The minimum absolute atomic E-state index is 0.0725. The highest BCUT2D eigenvalue weighted by Gasteiger charge is 2.45. The standard InChI is InChI=1S/C29H29NO4S/c1-34-28(31)20-25-10-6-11-26(19-25)29(35(2,32)33,27-12-7-17-30-27)21-24-15-13-23(14-16-24)18-22-8-4-3-5-9-22/h3-17,19,30H,18,20-21H2,1-2H3. The molecule has 1 unspecified atom stereocenters. The smallest absolute Gasteiger partial charge is 0.309 e. The molecular formula is C29H29NO4S. The van der Waals surface area contributed by atoms with Crippen LogP contribution in [0.4, 0.5) is 0 Å². The first-order valence-corrected chi connectivity index (χ1v) is 13.3. The Kier molecular flexibility index (Phi) is 7.22. The van der Waals surface area contributed by atoms with E-state index in [1.54, 1.807) is 36.5 Å². The van der Waals surface area contributed by atoms with Gasteiger partial charge in [-0.15, -0.1) is 0 Å². The second kappa shape index (κ2) is 10.3. The zero-order valence-corrected chi connectivity index (χ0v) is 20.7. The van der Waals surface area contributed by atoms with Gasteiger partial charge in [0, 0.05) is 24.6 Å². The van der Waals surface area contributed by atoms with Gasteiger partial charge in [0.2, 0.25) is 0 Å². The van der Waals surface area contributed by atoms with Crippen LogP contribution in [0, 0.1) is 0 Å². The van der Waals surface area contributed by atoms with Crippen LogP contribution < -0.4 is 0 Å². The van der Waals surface area contributed by atoms with E-state index in [1.165, 1.54) is 18.9 Å². The number of ether oxygens (including phenoxy) is 1. The summed E-state index contributed by atoms with van der Waals surface area (Å²) >= 11 is 0. The van der Waals surface area contributed by atoms with Gasteiger partial charge in [-0.25, -0.2) is 8.42 Å². The lowest BCUT2D eigenvalue weighted by atomic mass is 9.86. The summed E-state index contributed by atoms with van der Waals surface area (Å²) in [5.41, 5.74) is 5.18. The molecule has 35 heavy (non-hydrogen) atoms. The molecule has 0 spiro atoms. The zero-order chi connectivity index (χ0) is 24.9. The van der Waals surface area contributed by atoms with Crippen LogP contribution in [0.3, 0.4) is 0 Å². The number of carbonyl (C=O) groups is 1. The molecule has 0 bridgehead atoms. The first-order chi connectivity index (χ1) is 16.8.